The van der Waals surface area contributed by atoms with Crippen LogP contribution in [0.3, 0.4) is 0 Å². The van der Waals surface area contributed by atoms with Gasteiger partial charge in [-0.25, -0.2) is 4.79 Å². The van der Waals surface area contributed by atoms with Gasteiger partial charge in [-0.3, -0.25) is 4.90 Å². The summed E-state index contributed by atoms with van der Waals surface area (Å²) in [5, 5.41) is 9.03. The predicted octanol–water partition coefficient (Wildman–Crippen LogP) is 3.51. The van der Waals surface area contributed by atoms with Gasteiger partial charge in [-0.15, -0.1) is 0 Å². The fourth-order valence-electron chi connectivity index (χ4n) is 2.56. The van der Waals surface area contributed by atoms with Crippen LogP contribution in [0.25, 0.3) is 0 Å². The maximum atomic E-state index is 11.0. The van der Waals surface area contributed by atoms with Gasteiger partial charge in [0.1, 0.15) is 0 Å². The monoisotopic (exact) mass is 379 g/mol. The number of hydrogen-bond acceptors (Lipinski definition) is 2. The Morgan fingerprint density at radius 3 is 2.50 bits per heavy atom. The van der Waals surface area contributed by atoms with Gasteiger partial charge in [0.25, 0.3) is 0 Å². The average Bonchev–Trinajstić information content (AvgIpc) is 2.82. The first-order valence-corrected chi connectivity index (χ1v) is 7.51. The maximum absolute atomic E-state index is 11.0. The Bertz CT molecular complexity index is 652. The van der Waals surface area contributed by atoms with Gasteiger partial charge in [-0.05, 0) is 63.5 Å². The molecule has 102 valence electrons. The van der Waals surface area contributed by atoms with Crippen LogP contribution in [0.5, 0.6) is 0 Å². The van der Waals surface area contributed by atoms with Gasteiger partial charge in [0.15, 0.2) is 0 Å². The quantitative estimate of drug-likeness (QED) is 0.830. The van der Waals surface area contributed by atoms with Crippen molar-refractivity contribution in [2.24, 2.45) is 0 Å². The molecule has 0 spiro atoms. The SMILES string of the molecule is O=C(O)c1ccc2c(c1)CN(Cc1ccc(I)cc1)C2. The lowest BCUT2D eigenvalue weighted by atomic mass is 10.1. The van der Waals surface area contributed by atoms with E-state index in [9.17, 15) is 4.79 Å². The summed E-state index contributed by atoms with van der Waals surface area (Å²) in [4.78, 5) is 13.3. The third-order valence-corrected chi connectivity index (χ3v) is 4.28. The molecule has 0 unspecified atom stereocenters. The van der Waals surface area contributed by atoms with E-state index in [2.05, 4.69) is 51.8 Å². The molecule has 3 nitrogen and oxygen atoms in total. The first-order valence-electron chi connectivity index (χ1n) is 6.44. The van der Waals surface area contributed by atoms with Crippen LogP contribution < -0.4 is 0 Å². The minimum atomic E-state index is -0.858. The molecule has 20 heavy (non-hydrogen) atoms. The molecule has 0 fully saturated rings. The molecule has 0 saturated carbocycles. The highest BCUT2D eigenvalue weighted by Gasteiger charge is 2.20. The molecule has 1 N–H and O–H groups in total. The van der Waals surface area contributed by atoms with Gasteiger partial charge >= 0.3 is 5.97 Å². The minimum absolute atomic E-state index is 0.375. The summed E-state index contributed by atoms with van der Waals surface area (Å²) >= 11 is 2.30. The molecule has 1 aliphatic heterocycles. The largest absolute Gasteiger partial charge is 0.478 e. The van der Waals surface area contributed by atoms with Crippen molar-refractivity contribution in [1.82, 2.24) is 4.90 Å². The van der Waals surface area contributed by atoms with E-state index >= 15 is 0 Å². The Kier molecular flexibility index (Phi) is 3.76. The smallest absolute Gasteiger partial charge is 0.335 e. The van der Waals surface area contributed by atoms with Crippen molar-refractivity contribution >= 4 is 28.6 Å². The molecule has 0 saturated heterocycles. The molecule has 0 bridgehead atoms. The average molecular weight is 379 g/mol. The highest BCUT2D eigenvalue weighted by Crippen LogP contribution is 2.25. The Morgan fingerprint density at radius 1 is 1.10 bits per heavy atom. The van der Waals surface area contributed by atoms with E-state index < -0.39 is 5.97 Å². The molecule has 4 heteroatoms. The predicted molar refractivity (Wildman–Crippen MR) is 85.5 cm³/mol. The molecular weight excluding hydrogens is 365 g/mol. The van der Waals surface area contributed by atoms with Gasteiger partial charge in [0.05, 0.1) is 5.56 Å². The van der Waals surface area contributed by atoms with Crippen molar-refractivity contribution in [2.75, 3.05) is 0 Å². The second kappa shape index (κ2) is 5.54. The molecule has 2 aromatic rings. The first-order chi connectivity index (χ1) is 9.61. The third kappa shape index (κ3) is 2.86. The van der Waals surface area contributed by atoms with Gasteiger partial charge in [0, 0.05) is 23.2 Å². The first kappa shape index (κ1) is 13.6. The lowest BCUT2D eigenvalue weighted by Gasteiger charge is -2.14. The number of hydrogen-bond donors (Lipinski definition) is 1. The van der Waals surface area contributed by atoms with Crippen molar-refractivity contribution in [1.29, 1.82) is 0 Å². The minimum Gasteiger partial charge on any atom is -0.478 e. The van der Waals surface area contributed by atoms with E-state index in [0.29, 0.717) is 5.56 Å². The lowest BCUT2D eigenvalue weighted by molar-refractivity contribution is 0.0696. The molecule has 0 aliphatic carbocycles. The van der Waals surface area contributed by atoms with Crippen molar-refractivity contribution in [2.45, 2.75) is 19.6 Å². The van der Waals surface area contributed by atoms with E-state index in [1.54, 1.807) is 12.1 Å². The summed E-state index contributed by atoms with van der Waals surface area (Å²) < 4.78 is 1.24. The zero-order chi connectivity index (χ0) is 14.1. The second-order valence-corrected chi connectivity index (χ2v) is 6.31. The number of rotatable bonds is 3. The topological polar surface area (TPSA) is 40.5 Å². The molecule has 0 radical (unpaired) electrons. The Morgan fingerprint density at radius 2 is 1.80 bits per heavy atom. The Hall–Kier alpha value is -1.40. The molecule has 1 heterocycles. The zero-order valence-electron chi connectivity index (χ0n) is 10.8. The summed E-state index contributed by atoms with van der Waals surface area (Å²) in [6.07, 6.45) is 0. The molecule has 2 aromatic carbocycles. The number of carbonyl (C=O) groups is 1. The van der Waals surface area contributed by atoms with E-state index in [0.717, 1.165) is 25.2 Å². The molecular formula is C16H14INO2. The van der Waals surface area contributed by atoms with E-state index in [-0.39, 0.29) is 0 Å². The van der Waals surface area contributed by atoms with E-state index in [4.69, 9.17) is 5.11 Å². The summed E-state index contributed by atoms with van der Waals surface area (Å²) in [5.74, 6) is -0.858. The van der Waals surface area contributed by atoms with Gasteiger partial charge in [0.2, 0.25) is 0 Å². The van der Waals surface area contributed by atoms with Crippen molar-refractivity contribution < 1.29 is 9.90 Å². The number of halogens is 1. The highest BCUT2D eigenvalue weighted by atomic mass is 127. The van der Waals surface area contributed by atoms with Crippen LogP contribution >= 0.6 is 22.6 Å². The number of carboxylic acids is 1. The summed E-state index contributed by atoms with van der Waals surface area (Å²) in [6, 6.07) is 13.9. The molecule has 1 aliphatic rings. The van der Waals surface area contributed by atoms with Crippen LogP contribution in [0, 0.1) is 3.57 Å². The van der Waals surface area contributed by atoms with Crippen LogP contribution in [0.1, 0.15) is 27.0 Å². The molecule has 3 rings (SSSR count). The van der Waals surface area contributed by atoms with Crippen molar-refractivity contribution in [3.05, 3.63) is 68.3 Å². The van der Waals surface area contributed by atoms with Gasteiger partial charge < -0.3 is 5.11 Å². The van der Waals surface area contributed by atoms with Crippen LogP contribution in [-0.2, 0) is 19.6 Å². The fraction of sp³-hybridized carbons (Fsp3) is 0.188. The fourth-order valence-corrected chi connectivity index (χ4v) is 2.92. The molecule has 0 amide bonds. The maximum Gasteiger partial charge on any atom is 0.335 e. The lowest BCUT2D eigenvalue weighted by Crippen LogP contribution is -2.15. The van der Waals surface area contributed by atoms with E-state index in [1.807, 2.05) is 6.07 Å². The second-order valence-electron chi connectivity index (χ2n) is 5.06. The molecule has 0 atom stereocenters. The Labute approximate surface area is 131 Å². The normalized spacial score (nSPS) is 14.2. The van der Waals surface area contributed by atoms with Crippen molar-refractivity contribution in [3.63, 3.8) is 0 Å². The Balaban J connectivity index is 1.73. The molecule has 0 aromatic heterocycles. The van der Waals surface area contributed by atoms with Crippen LogP contribution in [0.2, 0.25) is 0 Å². The number of fused-ring (bicyclic) bond motifs is 1. The summed E-state index contributed by atoms with van der Waals surface area (Å²) in [6.45, 7) is 2.61. The van der Waals surface area contributed by atoms with Gasteiger partial charge in [-0.2, -0.15) is 0 Å². The zero-order valence-corrected chi connectivity index (χ0v) is 13.0. The third-order valence-electron chi connectivity index (χ3n) is 3.56. The van der Waals surface area contributed by atoms with E-state index in [1.165, 1.54) is 14.7 Å². The standard InChI is InChI=1S/C16H14INO2/c17-15-5-1-11(2-6-15)8-18-9-13-4-3-12(16(19)20)7-14(13)10-18/h1-7H,8-10H2,(H,19,20). The number of aromatic carboxylic acids is 1. The van der Waals surface area contributed by atoms with Crippen LogP contribution in [0.15, 0.2) is 42.5 Å². The van der Waals surface area contributed by atoms with Gasteiger partial charge in [-0.1, -0.05) is 18.2 Å². The van der Waals surface area contributed by atoms with Crippen LogP contribution in [-0.4, -0.2) is 16.0 Å². The van der Waals surface area contributed by atoms with Crippen molar-refractivity contribution in [3.8, 4) is 0 Å². The summed E-state index contributed by atoms with van der Waals surface area (Å²) in [7, 11) is 0. The highest BCUT2D eigenvalue weighted by molar-refractivity contribution is 14.1. The number of nitrogens with zero attached hydrogens (tertiary/aromatic N) is 1. The van der Waals surface area contributed by atoms with Crippen LogP contribution in [0.4, 0.5) is 0 Å². The number of carboxylic acid groups (broad SMARTS) is 1. The summed E-state index contributed by atoms with van der Waals surface area (Å²) in [5.41, 5.74) is 4.03. The number of benzene rings is 2.